The van der Waals surface area contributed by atoms with E-state index in [0.29, 0.717) is 5.92 Å². The number of hydrogen-bond acceptors (Lipinski definition) is 4. The smallest absolute Gasteiger partial charge is 0.168 e. The highest BCUT2D eigenvalue weighted by atomic mass is 16.5. The zero-order chi connectivity index (χ0) is 21.5. The van der Waals surface area contributed by atoms with Gasteiger partial charge in [-0.05, 0) is 68.2 Å². The van der Waals surface area contributed by atoms with Crippen molar-refractivity contribution in [3.63, 3.8) is 0 Å². The van der Waals surface area contributed by atoms with Gasteiger partial charge >= 0.3 is 0 Å². The van der Waals surface area contributed by atoms with Crippen molar-refractivity contribution in [2.24, 2.45) is 10.9 Å². The minimum absolute atomic E-state index is 0.681. The normalized spacial score (nSPS) is 13.6. The van der Waals surface area contributed by atoms with E-state index < -0.39 is 0 Å². The van der Waals surface area contributed by atoms with Gasteiger partial charge in [0.05, 0.1) is 25.1 Å². The highest BCUT2D eigenvalue weighted by Gasteiger charge is 2.23. The number of benzene rings is 3. The first-order valence-corrected chi connectivity index (χ1v) is 10.7. The highest BCUT2D eigenvalue weighted by molar-refractivity contribution is 5.84. The molecule has 0 unspecified atom stereocenters. The van der Waals surface area contributed by atoms with Crippen molar-refractivity contribution in [2.75, 3.05) is 19.0 Å². The first kappa shape index (κ1) is 20.7. The maximum absolute atomic E-state index is 6.06. The van der Waals surface area contributed by atoms with E-state index in [0.717, 1.165) is 40.7 Å². The predicted molar refractivity (Wildman–Crippen MR) is 129 cm³/mol. The molecule has 0 saturated heterocycles. The fourth-order valence-electron chi connectivity index (χ4n) is 3.22. The van der Waals surface area contributed by atoms with Crippen LogP contribution in [0.5, 0.6) is 11.5 Å². The maximum atomic E-state index is 6.06. The van der Waals surface area contributed by atoms with Crippen molar-refractivity contribution in [1.82, 2.24) is 0 Å². The molecule has 158 valence electrons. The fraction of sp³-hybridized carbons (Fsp3) is 0.222. The minimum Gasteiger partial charge on any atom is -0.493 e. The lowest BCUT2D eigenvalue weighted by molar-refractivity contribution is 0.280. The zero-order valence-electron chi connectivity index (χ0n) is 18.0. The van der Waals surface area contributed by atoms with E-state index in [-0.39, 0.29) is 0 Å². The molecule has 0 atom stereocenters. The fourth-order valence-corrected chi connectivity index (χ4v) is 3.22. The second kappa shape index (κ2) is 9.98. The summed E-state index contributed by atoms with van der Waals surface area (Å²) in [5.41, 5.74) is 5.10. The standard InChI is InChI=1S/C27H28N2O2/c1-20-12-16-23(17-13-20)29-25-10-4-3-9-24(25)28-18-6-8-22-7-5-11-26(30-2)27(22)31-19-21-14-15-21/h3-13,16-18,21,29H,14-15,19H2,1-2H3. The molecule has 0 amide bonds. The van der Waals surface area contributed by atoms with Crippen molar-refractivity contribution in [3.05, 3.63) is 83.9 Å². The quantitative estimate of drug-likeness (QED) is 0.387. The number of aliphatic imine (C=N–C) groups is 1. The van der Waals surface area contributed by atoms with Gasteiger partial charge in [-0.15, -0.1) is 0 Å². The van der Waals surface area contributed by atoms with Crippen LogP contribution in [0.1, 0.15) is 24.0 Å². The second-order valence-corrected chi connectivity index (χ2v) is 7.78. The average Bonchev–Trinajstić information content (AvgIpc) is 3.62. The molecule has 0 heterocycles. The summed E-state index contributed by atoms with van der Waals surface area (Å²) in [7, 11) is 1.67. The van der Waals surface area contributed by atoms with Gasteiger partial charge in [0.15, 0.2) is 11.5 Å². The lowest BCUT2D eigenvalue weighted by atomic mass is 10.1. The molecule has 1 saturated carbocycles. The Balaban J connectivity index is 1.48. The maximum Gasteiger partial charge on any atom is 0.168 e. The molecule has 0 aromatic heterocycles. The van der Waals surface area contributed by atoms with Crippen molar-refractivity contribution < 1.29 is 9.47 Å². The Morgan fingerprint density at radius 1 is 1.00 bits per heavy atom. The Morgan fingerprint density at radius 3 is 2.58 bits per heavy atom. The number of allylic oxidation sites excluding steroid dienone is 1. The van der Waals surface area contributed by atoms with Gasteiger partial charge < -0.3 is 14.8 Å². The van der Waals surface area contributed by atoms with Crippen molar-refractivity contribution >= 4 is 29.4 Å². The number of nitrogens with one attached hydrogen (secondary N) is 1. The number of rotatable bonds is 9. The summed E-state index contributed by atoms with van der Waals surface area (Å²) in [6.45, 7) is 2.83. The number of methoxy groups -OCH3 is 1. The van der Waals surface area contributed by atoms with Gasteiger partial charge in [0.1, 0.15) is 0 Å². The number of nitrogens with zero attached hydrogens (tertiary/aromatic N) is 1. The molecule has 0 bridgehead atoms. The SMILES string of the molecule is COc1cccc(C=CC=Nc2ccccc2Nc2ccc(C)cc2)c1OCC1CC1. The molecule has 0 aliphatic heterocycles. The Hall–Kier alpha value is -3.53. The molecule has 4 rings (SSSR count). The van der Waals surface area contributed by atoms with Gasteiger partial charge in [0.2, 0.25) is 0 Å². The van der Waals surface area contributed by atoms with E-state index >= 15 is 0 Å². The summed E-state index contributed by atoms with van der Waals surface area (Å²) in [6.07, 6.45) is 8.25. The van der Waals surface area contributed by atoms with Crippen LogP contribution in [-0.4, -0.2) is 19.9 Å². The van der Waals surface area contributed by atoms with Gasteiger partial charge in [-0.2, -0.15) is 0 Å². The molecule has 1 fully saturated rings. The van der Waals surface area contributed by atoms with Crippen LogP contribution < -0.4 is 14.8 Å². The van der Waals surface area contributed by atoms with Gasteiger partial charge in [0.25, 0.3) is 0 Å². The lowest BCUT2D eigenvalue weighted by Gasteiger charge is -2.13. The molecule has 4 nitrogen and oxygen atoms in total. The molecular formula is C27H28N2O2. The van der Waals surface area contributed by atoms with Crippen LogP contribution in [0, 0.1) is 12.8 Å². The molecular weight excluding hydrogens is 384 g/mol. The molecule has 3 aromatic carbocycles. The van der Waals surface area contributed by atoms with E-state index in [4.69, 9.17) is 9.47 Å². The molecule has 0 spiro atoms. The lowest BCUT2D eigenvalue weighted by Crippen LogP contribution is -2.02. The second-order valence-electron chi connectivity index (χ2n) is 7.78. The third-order valence-electron chi connectivity index (χ3n) is 5.20. The van der Waals surface area contributed by atoms with E-state index in [1.165, 1.54) is 18.4 Å². The topological polar surface area (TPSA) is 42.8 Å². The van der Waals surface area contributed by atoms with Crippen LogP contribution in [0.15, 0.2) is 77.8 Å². The number of ether oxygens (including phenoxy) is 2. The van der Waals surface area contributed by atoms with Gasteiger partial charge in [-0.1, -0.05) is 42.0 Å². The molecule has 1 N–H and O–H groups in total. The van der Waals surface area contributed by atoms with E-state index in [2.05, 4.69) is 41.5 Å². The number of aryl methyl sites for hydroxylation is 1. The molecule has 0 radical (unpaired) electrons. The number of para-hydroxylation sites is 3. The molecule has 31 heavy (non-hydrogen) atoms. The van der Waals surface area contributed by atoms with Gasteiger partial charge in [-0.25, -0.2) is 0 Å². The first-order chi connectivity index (χ1) is 15.2. The minimum atomic E-state index is 0.681. The third kappa shape index (κ3) is 5.76. The summed E-state index contributed by atoms with van der Waals surface area (Å²) < 4.78 is 11.6. The molecule has 3 aromatic rings. The predicted octanol–water partition coefficient (Wildman–Crippen LogP) is 6.95. The molecule has 1 aliphatic carbocycles. The Labute approximate surface area is 184 Å². The number of anilines is 2. The van der Waals surface area contributed by atoms with Crippen LogP contribution >= 0.6 is 0 Å². The van der Waals surface area contributed by atoms with Crippen molar-refractivity contribution in [3.8, 4) is 11.5 Å². The Kier molecular flexibility index (Phi) is 6.68. The van der Waals surface area contributed by atoms with Crippen LogP contribution in [0.25, 0.3) is 6.08 Å². The third-order valence-corrected chi connectivity index (χ3v) is 5.20. The summed E-state index contributed by atoms with van der Waals surface area (Å²) >= 11 is 0. The van der Waals surface area contributed by atoms with E-state index in [1.54, 1.807) is 13.3 Å². The van der Waals surface area contributed by atoms with E-state index in [9.17, 15) is 0 Å². The number of hydrogen-bond donors (Lipinski definition) is 1. The van der Waals surface area contributed by atoms with Crippen LogP contribution in [0.4, 0.5) is 17.1 Å². The largest absolute Gasteiger partial charge is 0.493 e. The first-order valence-electron chi connectivity index (χ1n) is 10.7. The van der Waals surface area contributed by atoms with Gasteiger partial charge in [0, 0.05) is 17.5 Å². The van der Waals surface area contributed by atoms with E-state index in [1.807, 2.05) is 54.6 Å². The molecule has 4 heteroatoms. The summed E-state index contributed by atoms with van der Waals surface area (Å²) in [5.74, 6) is 2.23. The van der Waals surface area contributed by atoms with Crippen molar-refractivity contribution in [2.45, 2.75) is 19.8 Å². The Bertz CT molecular complexity index is 1070. The average molecular weight is 413 g/mol. The van der Waals surface area contributed by atoms with Crippen LogP contribution in [-0.2, 0) is 0 Å². The van der Waals surface area contributed by atoms with Crippen molar-refractivity contribution in [1.29, 1.82) is 0 Å². The van der Waals surface area contributed by atoms with Gasteiger partial charge in [-0.3, -0.25) is 4.99 Å². The summed E-state index contributed by atoms with van der Waals surface area (Å²) in [5, 5.41) is 3.44. The monoisotopic (exact) mass is 412 g/mol. The zero-order valence-corrected chi connectivity index (χ0v) is 18.0. The summed E-state index contributed by atoms with van der Waals surface area (Å²) in [6, 6.07) is 22.3. The Morgan fingerprint density at radius 2 is 1.81 bits per heavy atom. The van der Waals surface area contributed by atoms with Crippen LogP contribution in [0.3, 0.4) is 0 Å². The van der Waals surface area contributed by atoms with Crippen LogP contribution in [0.2, 0.25) is 0 Å². The summed E-state index contributed by atoms with van der Waals surface area (Å²) in [4.78, 5) is 4.65. The molecule has 1 aliphatic rings. The highest BCUT2D eigenvalue weighted by Crippen LogP contribution is 2.35.